The summed E-state index contributed by atoms with van der Waals surface area (Å²) in [7, 11) is 5.26. The zero-order chi connectivity index (χ0) is 23.4. The van der Waals surface area contributed by atoms with Gasteiger partial charge in [0.05, 0.1) is 31.4 Å². The molecule has 2 aromatic carbocycles. The number of likely N-dealkylation sites (tertiary alicyclic amines) is 1. The molecule has 1 spiro atoms. The van der Waals surface area contributed by atoms with Crippen LogP contribution in [0.2, 0.25) is 5.02 Å². The number of rotatable bonds is 6. The maximum Gasteiger partial charge on any atom is 0.234 e. The quantitative estimate of drug-likeness (QED) is 0.656. The Bertz CT molecular complexity index is 1080. The van der Waals surface area contributed by atoms with Crippen LogP contribution in [0.4, 0.5) is 5.69 Å². The Morgan fingerprint density at radius 3 is 2.52 bits per heavy atom. The van der Waals surface area contributed by atoms with Crippen molar-refractivity contribution in [2.75, 3.05) is 45.4 Å². The van der Waals surface area contributed by atoms with Crippen molar-refractivity contribution in [3.05, 3.63) is 53.1 Å². The average Bonchev–Trinajstić information content (AvgIpc) is 3.18. The third-order valence-electron chi connectivity index (χ3n) is 5.76. The molecule has 33 heavy (non-hydrogen) atoms. The predicted octanol–water partition coefficient (Wildman–Crippen LogP) is 4.35. The number of aliphatic imine (C=N–C) groups is 2. The van der Waals surface area contributed by atoms with E-state index < -0.39 is 5.66 Å². The second-order valence-corrected chi connectivity index (χ2v) is 9.47. The molecule has 1 amide bonds. The molecule has 0 atom stereocenters. The van der Waals surface area contributed by atoms with Crippen molar-refractivity contribution in [2.45, 2.75) is 18.5 Å². The monoisotopic (exact) mass is 486 g/mol. The minimum Gasteiger partial charge on any atom is -0.497 e. The number of hydrogen-bond donors (Lipinski definition) is 1. The lowest BCUT2D eigenvalue weighted by Gasteiger charge is -2.33. The predicted molar refractivity (Wildman–Crippen MR) is 136 cm³/mol. The van der Waals surface area contributed by atoms with Crippen LogP contribution in [0, 0.1) is 0 Å². The van der Waals surface area contributed by atoms with Crippen molar-refractivity contribution in [3.63, 3.8) is 0 Å². The Kier molecular flexibility index (Phi) is 7.26. The van der Waals surface area contributed by atoms with Gasteiger partial charge in [-0.25, -0.2) is 4.99 Å². The zero-order valence-electron chi connectivity index (χ0n) is 18.9. The Balaban J connectivity index is 1.51. The zero-order valence-corrected chi connectivity index (χ0v) is 20.5. The van der Waals surface area contributed by atoms with Gasteiger partial charge in [0.25, 0.3) is 0 Å². The van der Waals surface area contributed by atoms with Gasteiger partial charge in [0.15, 0.2) is 5.66 Å². The van der Waals surface area contributed by atoms with Crippen LogP contribution in [0.3, 0.4) is 0 Å². The molecule has 7 nitrogen and oxygen atoms in total. The van der Waals surface area contributed by atoms with Crippen LogP contribution in [-0.2, 0) is 4.79 Å². The van der Waals surface area contributed by atoms with E-state index in [2.05, 4.69) is 17.3 Å². The number of hydrogen-bond acceptors (Lipinski definition) is 7. The minimum absolute atomic E-state index is 0.158. The Morgan fingerprint density at radius 2 is 1.85 bits per heavy atom. The molecule has 0 radical (unpaired) electrons. The van der Waals surface area contributed by atoms with Gasteiger partial charge in [-0.05, 0) is 31.3 Å². The molecule has 0 aliphatic carbocycles. The summed E-state index contributed by atoms with van der Waals surface area (Å²) in [5.74, 6) is 1.25. The van der Waals surface area contributed by atoms with Gasteiger partial charge in [-0.15, -0.1) is 0 Å². The van der Waals surface area contributed by atoms with Crippen molar-refractivity contribution in [3.8, 4) is 11.5 Å². The van der Waals surface area contributed by atoms with E-state index in [0.717, 1.165) is 42.3 Å². The van der Waals surface area contributed by atoms with Crippen molar-refractivity contribution >= 4 is 45.7 Å². The van der Waals surface area contributed by atoms with Gasteiger partial charge in [-0.1, -0.05) is 35.5 Å². The Morgan fingerprint density at radius 1 is 1.12 bits per heavy atom. The highest BCUT2D eigenvalue weighted by molar-refractivity contribution is 8.16. The first-order chi connectivity index (χ1) is 15.9. The van der Waals surface area contributed by atoms with Crippen LogP contribution in [0.25, 0.3) is 0 Å². The van der Waals surface area contributed by atoms with Crippen LogP contribution in [0.15, 0.2) is 52.4 Å². The summed E-state index contributed by atoms with van der Waals surface area (Å²) in [6.07, 6.45) is 1.72. The van der Waals surface area contributed by atoms with Gasteiger partial charge in [0, 0.05) is 42.6 Å². The summed E-state index contributed by atoms with van der Waals surface area (Å²) in [5.41, 5.74) is 1.90. The number of thioether (sulfide) groups is 1. The third kappa shape index (κ3) is 5.51. The SMILES string of the molecule is COc1ccc(OC)c(NC(=O)CSC2=NC3(CCN(C)CC3)N=C2c2ccc(Cl)cc2)c1. The van der Waals surface area contributed by atoms with Gasteiger partial charge in [0.2, 0.25) is 5.91 Å². The molecule has 2 aliphatic heterocycles. The summed E-state index contributed by atoms with van der Waals surface area (Å²) in [4.78, 5) is 25.2. The number of piperidine rings is 1. The lowest BCUT2D eigenvalue weighted by atomic mass is 9.99. The number of ether oxygens (including phenoxy) is 2. The molecule has 1 N–H and O–H groups in total. The largest absolute Gasteiger partial charge is 0.497 e. The first kappa shape index (κ1) is 23.6. The number of nitrogens with zero attached hydrogens (tertiary/aromatic N) is 3. The topological polar surface area (TPSA) is 75.5 Å². The van der Waals surface area contributed by atoms with E-state index >= 15 is 0 Å². The van der Waals surface area contributed by atoms with E-state index in [9.17, 15) is 4.79 Å². The first-order valence-electron chi connectivity index (χ1n) is 10.7. The highest BCUT2D eigenvalue weighted by Crippen LogP contribution is 2.35. The molecule has 0 saturated carbocycles. The van der Waals surface area contributed by atoms with E-state index in [1.54, 1.807) is 32.4 Å². The molecule has 2 heterocycles. The maximum absolute atomic E-state index is 12.8. The lowest BCUT2D eigenvalue weighted by Crippen LogP contribution is -2.39. The second kappa shape index (κ2) is 10.2. The third-order valence-corrected chi connectivity index (χ3v) is 6.97. The number of halogens is 1. The normalized spacial score (nSPS) is 17.5. The minimum atomic E-state index is -0.448. The molecule has 0 aromatic heterocycles. The Hall–Kier alpha value is -2.55. The number of amides is 1. The van der Waals surface area contributed by atoms with E-state index in [-0.39, 0.29) is 11.7 Å². The lowest BCUT2D eigenvalue weighted by molar-refractivity contribution is -0.113. The van der Waals surface area contributed by atoms with Crippen LogP contribution in [0.1, 0.15) is 18.4 Å². The van der Waals surface area contributed by atoms with Gasteiger partial charge in [0.1, 0.15) is 16.5 Å². The smallest absolute Gasteiger partial charge is 0.234 e. The summed E-state index contributed by atoms with van der Waals surface area (Å²) < 4.78 is 10.6. The molecule has 2 aliphatic rings. The molecular formula is C24H27ClN4O3S. The van der Waals surface area contributed by atoms with Crippen LogP contribution in [-0.4, -0.2) is 67.3 Å². The summed E-state index contributed by atoms with van der Waals surface area (Å²) in [5, 5.41) is 4.37. The average molecular weight is 487 g/mol. The van der Waals surface area contributed by atoms with Gasteiger partial charge < -0.3 is 19.7 Å². The Labute approximate surface area is 203 Å². The highest BCUT2D eigenvalue weighted by atomic mass is 35.5. The van der Waals surface area contributed by atoms with Gasteiger partial charge >= 0.3 is 0 Å². The molecule has 1 fully saturated rings. The van der Waals surface area contributed by atoms with Crippen molar-refractivity contribution < 1.29 is 14.3 Å². The number of methoxy groups -OCH3 is 2. The molecule has 0 bridgehead atoms. The fourth-order valence-corrected chi connectivity index (χ4v) is 4.85. The number of anilines is 1. The molecule has 0 unspecified atom stereocenters. The molecule has 2 aromatic rings. The van der Waals surface area contributed by atoms with Crippen LogP contribution < -0.4 is 14.8 Å². The molecule has 1 saturated heterocycles. The summed E-state index contributed by atoms with van der Waals surface area (Å²) in [6, 6.07) is 12.9. The van der Waals surface area contributed by atoms with Crippen molar-refractivity contribution in [1.29, 1.82) is 0 Å². The van der Waals surface area contributed by atoms with Gasteiger partial charge in [-0.3, -0.25) is 9.79 Å². The summed E-state index contributed by atoms with van der Waals surface area (Å²) in [6.45, 7) is 1.88. The van der Waals surface area contributed by atoms with Crippen molar-refractivity contribution in [2.24, 2.45) is 9.98 Å². The van der Waals surface area contributed by atoms with E-state index in [1.165, 1.54) is 11.8 Å². The molecular weight excluding hydrogens is 460 g/mol. The maximum atomic E-state index is 12.8. The number of carbonyl (C=O) groups excluding carboxylic acids is 1. The fraction of sp³-hybridized carbons (Fsp3) is 0.375. The fourth-order valence-electron chi connectivity index (χ4n) is 3.85. The second-order valence-electron chi connectivity index (χ2n) is 8.07. The summed E-state index contributed by atoms with van der Waals surface area (Å²) >= 11 is 7.48. The van der Waals surface area contributed by atoms with Gasteiger partial charge in [-0.2, -0.15) is 0 Å². The highest BCUT2D eigenvalue weighted by Gasteiger charge is 2.39. The number of benzene rings is 2. The molecule has 9 heteroatoms. The number of nitrogens with one attached hydrogen (secondary N) is 1. The standard InChI is InChI=1S/C24H27ClN4O3S/c1-29-12-10-24(11-13-29)27-22(16-4-6-17(25)7-5-16)23(28-24)33-15-21(30)26-19-14-18(31-2)8-9-20(19)32-3/h4-9,14H,10-13,15H2,1-3H3,(H,26,30). The van der Waals surface area contributed by atoms with E-state index in [4.69, 9.17) is 31.1 Å². The van der Waals surface area contributed by atoms with Crippen LogP contribution >= 0.6 is 23.4 Å². The van der Waals surface area contributed by atoms with E-state index in [1.807, 2.05) is 24.3 Å². The molecule has 4 rings (SSSR count). The van der Waals surface area contributed by atoms with E-state index in [0.29, 0.717) is 22.2 Å². The molecule has 174 valence electrons. The first-order valence-corrected chi connectivity index (χ1v) is 12.1. The van der Waals surface area contributed by atoms with Crippen molar-refractivity contribution in [1.82, 2.24) is 4.90 Å². The number of carbonyl (C=O) groups is 1. The van der Waals surface area contributed by atoms with Crippen LogP contribution in [0.5, 0.6) is 11.5 Å².